The van der Waals surface area contributed by atoms with Crippen LogP contribution in [0, 0.1) is 0 Å². The number of allylic oxidation sites excluding steroid dienone is 1. The average Bonchev–Trinajstić information content (AvgIpc) is 3.58. The van der Waals surface area contributed by atoms with Gasteiger partial charge in [-0.05, 0) is 85.2 Å². The normalized spacial score (nSPS) is 17.6. The van der Waals surface area contributed by atoms with Crippen molar-refractivity contribution in [3.05, 3.63) is 70.5 Å². The van der Waals surface area contributed by atoms with Gasteiger partial charge in [-0.25, -0.2) is 0 Å². The van der Waals surface area contributed by atoms with E-state index < -0.39 is 0 Å². The van der Waals surface area contributed by atoms with Crippen LogP contribution in [-0.2, 0) is 34.0 Å². The van der Waals surface area contributed by atoms with E-state index in [0.717, 1.165) is 44.2 Å². The number of carbonyl (C=O) groups is 1. The van der Waals surface area contributed by atoms with Crippen molar-refractivity contribution in [1.29, 1.82) is 0 Å². The summed E-state index contributed by atoms with van der Waals surface area (Å²) in [5, 5.41) is 6.26. The number of fused-ring (bicyclic) bond motifs is 5. The molecular weight excluding hydrogens is 564 g/mol. The second kappa shape index (κ2) is 12.9. The zero-order valence-electron chi connectivity index (χ0n) is 26.8. The molecule has 2 aromatic carbocycles. The standard InChI is InChI=1S/C37H44N4O4/c1-25(2)41-36(30(20-38-41)21-39-13-15-44-16-14-39)29-18-28-19-31(43-3)10-12-32(28)37-35(27-7-5-4-6-8-27)33-11-9-26(23-45-24-42)17-34(33)40(37)22-29/h9-12,17-20,24-25,27H,4-8,13-16,21-23H2,1-3H3. The van der Waals surface area contributed by atoms with Gasteiger partial charge in [0.15, 0.2) is 0 Å². The van der Waals surface area contributed by atoms with E-state index in [4.69, 9.17) is 19.3 Å². The lowest BCUT2D eigenvalue weighted by molar-refractivity contribution is -0.129. The van der Waals surface area contributed by atoms with Crippen LogP contribution < -0.4 is 4.74 Å². The van der Waals surface area contributed by atoms with E-state index in [1.54, 1.807) is 7.11 Å². The topological polar surface area (TPSA) is 70.8 Å². The van der Waals surface area contributed by atoms with Gasteiger partial charge in [0.2, 0.25) is 0 Å². The lowest BCUT2D eigenvalue weighted by atomic mass is 9.81. The molecule has 0 atom stereocenters. The Balaban J connectivity index is 1.46. The van der Waals surface area contributed by atoms with Gasteiger partial charge in [-0.15, -0.1) is 0 Å². The molecular formula is C37H44N4O4. The van der Waals surface area contributed by atoms with Gasteiger partial charge in [0.1, 0.15) is 12.4 Å². The molecule has 1 saturated carbocycles. The first-order valence-electron chi connectivity index (χ1n) is 16.5. The summed E-state index contributed by atoms with van der Waals surface area (Å²) in [4.78, 5) is 13.6. The predicted octanol–water partition coefficient (Wildman–Crippen LogP) is 7.20. The number of carbonyl (C=O) groups excluding carboxylic acids is 1. The van der Waals surface area contributed by atoms with Gasteiger partial charge in [-0.3, -0.25) is 14.4 Å². The lowest BCUT2D eigenvalue weighted by Gasteiger charge is -2.27. The van der Waals surface area contributed by atoms with Gasteiger partial charge >= 0.3 is 0 Å². The molecule has 45 heavy (non-hydrogen) atoms. The summed E-state index contributed by atoms with van der Waals surface area (Å²) in [6, 6.07) is 13.4. The van der Waals surface area contributed by atoms with E-state index in [1.165, 1.54) is 82.2 Å². The summed E-state index contributed by atoms with van der Waals surface area (Å²) in [6.07, 6.45) is 10.7. The minimum absolute atomic E-state index is 0.207. The number of hydrogen-bond donors (Lipinski definition) is 0. The van der Waals surface area contributed by atoms with Crippen molar-refractivity contribution in [1.82, 2.24) is 19.2 Å². The van der Waals surface area contributed by atoms with E-state index in [2.05, 4.69) is 76.7 Å². The van der Waals surface area contributed by atoms with Crippen molar-refractivity contribution in [3.8, 4) is 17.0 Å². The molecule has 4 heterocycles. The van der Waals surface area contributed by atoms with Gasteiger partial charge in [0, 0.05) is 47.7 Å². The number of benzene rings is 2. The summed E-state index contributed by atoms with van der Waals surface area (Å²) >= 11 is 0. The summed E-state index contributed by atoms with van der Waals surface area (Å²) in [7, 11) is 1.74. The van der Waals surface area contributed by atoms with Gasteiger partial charge in [0.05, 0.1) is 44.5 Å². The highest BCUT2D eigenvalue weighted by Crippen LogP contribution is 2.48. The van der Waals surface area contributed by atoms with Crippen LogP contribution in [0.3, 0.4) is 0 Å². The quantitative estimate of drug-likeness (QED) is 0.187. The molecule has 2 fully saturated rings. The molecule has 8 heteroatoms. The van der Waals surface area contributed by atoms with Crippen molar-refractivity contribution in [3.63, 3.8) is 0 Å². The number of hydrogen-bond acceptors (Lipinski definition) is 6. The Kier molecular flexibility index (Phi) is 8.51. The van der Waals surface area contributed by atoms with E-state index in [9.17, 15) is 4.79 Å². The molecule has 0 N–H and O–H groups in total. The van der Waals surface area contributed by atoms with Gasteiger partial charge in [-0.2, -0.15) is 5.10 Å². The zero-order valence-corrected chi connectivity index (χ0v) is 26.8. The van der Waals surface area contributed by atoms with Crippen LogP contribution in [0.1, 0.15) is 85.9 Å². The number of rotatable bonds is 9. The summed E-state index contributed by atoms with van der Waals surface area (Å²) in [5.74, 6) is 1.36. The van der Waals surface area contributed by atoms with Crippen LogP contribution in [-0.4, -0.2) is 59.1 Å². The maximum atomic E-state index is 11.1. The molecule has 2 aliphatic heterocycles. The van der Waals surface area contributed by atoms with Crippen LogP contribution >= 0.6 is 0 Å². The first-order valence-corrected chi connectivity index (χ1v) is 16.5. The van der Waals surface area contributed by atoms with E-state index in [1.807, 2.05) is 0 Å². The third-order valence-electron chi connectivity index (χ3n) is 9.83. The minimum Gasteiger partial charge on any atom is -0.497 e. The van der Waals surface area contributed by atoms with Gasteiger partial charge in [-0.1, -0.05) is 31.4 Å². The molecule has 1 aliphatic carbocycles. The van der Waals surface area contributed by atoms with Crippen molar-refractivity contribution < 1.29 is 19.0 Å². The number of ether oxygens (including phenoxy) is 3. The SMILES string of the molecule is COc1ccc2c(c1)C=C(c1c(CN3CCOCC3)cnn1C(C)C)Cn1c-2c(C2CCCCC2)c2ccc(COC=O)cc21. The molecule has 0 unspecified atom stereocenters. The fourth-order valence-electron chi connectivity index (χ4n) is 7.71. The molecule has 4 aromatic rings. The first-order chi connectivity index (χ1) is 22.1. The van der Waals surface area contributed by atoms with E-state index >= 15 is 0 Å². The van der Waals surface area contributed by atoms with Crippen molar-refractivity contribution in [2.45, 2.75) is 77.6 Å². The Labute approximate surface area is 265 Å². The largest absolute Gasteiger partial charge is 0.497 e. The fraction of sp³-hybridized carbons (Fsp3) is 0.459. The zero-order chi connectivity index (χ0) is 30.9. The third kappa shape index (κ3) is 5.70. The smallest absolute Gasteiger partial charge is 0.293 e. The van der Waals surface area contributed by atoms with Crippen LogP contribution in [0.2, 0.25) is 0 Å². The first kappa shape index (κ1) is 29.8. The molecule has 236 valence electrons. The van der Waals surface area contributed by atoms with Crippen molar-refractivity contribution in [2.24, 2.45) is 0 Å². The van der Waals surface area contributed by atoms with Gasteiger partial charge < -0.3 is 18.8 Å². The number of morpholine rings is 1. The molecule has 0 bridgehead atoms. The fourth-order valence-corrected chi connectivity index (χ4v) is 7.71. The van der Waals surface area contributed by atoms with Crippen molar-refractivity contribution >= 4 is 29.0 Å². The van der Waals surface area contributed by atoms with Gasteiger partial charge in [0.25, 0.3) is 6.47 Å². The van der Waals surface area contributed by atoms with Crippen LogP contribution in [0.5, 0.6) is 5.75 Å². The lowest BCUT2D eigenvalue weighted by Crippen LogP contribution is -2.35. The third-order valence-corrected chi connectivity index (χ3v) is 9.83. The summed E-state index contributed by atoms with van der Waals surface area (Å²) < 4.78 is 21.4. The van der Waals surface area contributed by atoms with Crippen LogP contribution in [0.15, 0.2) is 42.6 Å². The number of aromatic nitrogens is 3. The maximum Gasteiger partial charge on any atom is 0.293 e. The molecule has 0 radical (unpaired) electrons. The van der Waals surface area contributed by atoms with Crippen molar-refractivity contribution in [2.75, 3.05) is 33.4 Å². The summed E-state index contributed by atoms with van der Waals surface area (Å²) in [5.41, 5.74) is 11.0. The monoisotopic (exact) mass is 608 g/mol. The molecule has 1 saturated heterocycles. The molecule has 8 nitrogen and oxygen atoms in total. The molecule has 3 aliphatic rings. The molecule has 0 amide bonds. The molecule has 2 aromatic heterocycles. The number of nitrogens with zero attached hydrogens (tertiary/aromatic N) is 4. The molecule has 0 spiro atoms. The Bertz CT molecular complexity index is 1720. The molecule has 7 rings (SSSR count). The number of methoxy groups -OCH3 is 1. The Morgan fingerprint density at radius 3 is 2.62 bits per heavy atom. The Hall–Kier alpha value is -3.88. The second-order valence-electron chi connectivity index (χ2n) is 13.0. The van der Waals surface area contributed by atoms with Crippen LogP contribution in [0.25, 0.3) is 33.8 Å². The maximum absolute atomic E-state index is 11.1. The van der Waals surface area contributed by atoms with E-state index in [0.29, 0.717) is 18.9 Å². The van der Waals surface area contributed by atoms with E-state index in [-0.39, 0.29) is 12.6 Å². The average molecular weight is 609 g/mol. The minimum atomic E-state index is 0.207. The predicted molar refractivity (Wildman–Crippen MR) is 177 cm³/mol. The highest BCUT2D eigenvalue weighted by Gasteiger charge is 2.31. The highest BCUT2D eigenvalue weighted by atomic mass is 16.5. The Morgan fingerprint density at radius 2 is 1.87 bits per heavy atom. The highest BCUT2D eigenvalue weighted by molar-refractivity contribution is 5.98. The Morgan fingerprint density at radius 1 is 1.04 bits per heavy atom. The second-order valence-corrected chi connectivity index (χ2v) is 13.0. The summed E-state index contributed by atoms with van der Waals surface area (Å²) in [6.45, 7) is 10.1. The van der Waals surface area contributed by atoms with Crippen LogP contribution in [0.4, 0.5) is 0 Å².